The number of rotatable bonds is 4. The van der Waals surface area contributed by atoms with Gasteiger partial charge in [-0.3, -0.25) is 4.79 Å². The molecule has 0 N–H and O–H groups in total. The van der Waals surface area contributed by atoms with E-state index >= 15 is 0 Å². The molecule has 0 unspecified atom stereocenters. The van der Waals surface area contributed by atoms with Crippen LogP contribution in [0.1, 0.15) is 21.5 Å². The summed E-state index contributed by atoms with van der Waals surface area (Å²) in [7, 11) is 0. The number of pyridine rings is 1. The lowest BCUT2D eigenvalue weighted by atomic mass is 10.0. The minimum absolute atomic E-state index is 0.0410. The summed E-state index contributed by atoms with van der Waals surface area (Å²) >= 11 is 5.88. The minimum Gasteiger partial charge on any atom is -0.289 e. The molecule has 1 heterocycles. The Morgan fingerprint density at radius 3 is 2.05 bits per heavy atom. The summed E-state index contributed by atoms with van der Waals surface area (Å²) in [6.45, 7) is 0.747. The molecular formula is C19H15ClNO+. The van der Waals surface area contributed by atoms with Gasteiger partial charge in [-0.15, -0.1) is 0 Å². The molecule has 0 aliphatic carbocycles. The highest BCUT2D eigenvalue weighted by Crippen LogP contribution is 2.10. The summed E-state index contributed by atoms with van der Waals surface area (Å²) in [6, 6.07) is 20.8. The van der Waals surface area contributed by atoms with E-state index < -0.39 is 0 Å². The molecule has 0 saturated heterocycles. The molecule has 22 heavy (non-hydrogen) atoms. The van der Waals surface area contributed by atoms with Gasteiger partial charge in [-0.25, -0.2) is 4.57 Å². The molecule has 108 valence electrons. The Hall–Kier alpha value is -2.45. The molecule has 2 nitrogen and oxygen atoms in total. The van der Waals surface area contributed by atoms with Gasteiger partial charge in [-0.2, -0.15) is 0 Å². The van der Waals surface area contributed by atoms with E-state index in [4.69, 9.17) is 11.6 Å². The molecule has 0 amide bonds. The minimum atomic E-state index is 0.0410. The monoisotopic (exact) mass is 308 g/mol. The van der Waals surface area contributed by atoms with Gasteiger partial charge < -0.3 is 0 Å². The second-order valence-electron chi connectivity index (χ2n) is 5.08. The number of hydrogen-bond acceptors (Lipinski definition) is 1. The third kappa shape index (κ3) is 3.41. The predicted octanol–water partition coefficient (Wildman–Crippen LogP) is 3.91. The molecular weight excluding hydrogens is 294 g/mol. The molecule has 0 bridgehead atoms. The van der Waals surface area contributed by atoms with Gasteiger partial charge in [-0.05, 0) is 12.1 Å². The van der Waals surface area contributed by atoms with Crippen molar-refractivity contribution in [2.24, 2.45) is 0 Å². The van der Waals surface area contributed by atoms with Crippen molar-refractivity contribution in [3.8, 4) is 0 Å². The number of aromatic nitrogens is 1. The molecule has 1 aromatic heterocycles. The Morgan fingerprint density at radius 2 is 1.41 bits per heavy atom. The van der Waals surface area contributed by atoms with E-state index in [0.717, 1.165) is 17.1 Å². The van der Waals surface area contributed by atoms with Crippen molar-refractivity contribution in [2.75, 3.05) is 0 Å². The van der Waals surface area contributed by atoms with Gasteiger partial charge in [0.25, 0.3) is 0 Å². The van der Waals surface area contributed by atoms with Crippen LogP contribution in [0.25, 0.3) is 0 Å². The van der Waals surface area contributed by atoms with Gasteiger partial charge in [-0.1, -0.05) is 54.1 Å². The molecule has 0 atom stereocenters. The van der Waals surface area contributed by atoms with Crippen LogP contribution in [0.3, 0.4) is 0 Å². The predicted molar refractivity (Wildman–Crippen MR) is 87.1 cm³/mol. The topological polar surface area (TPSA) is 20.9 Å². The molecule has 2 aromatic carbocycles. The highest BCUT2D eigenvalue weighted by Gasteiger charge is 2.10. The van der Waals surface area contributed by atoms with E-state index in [1.54, 1.807) is 0 Å². The fourth-order valence-electron chi connectivity index (χ4n) is 2.27. The number of nitrogens with zero attached hydrogens (tertiary/aromatic N) is 1. The largest absolute Gasteiger partial charge is 0.289 e. The van der Waals surface area contributed by atoms with E-state index in [1.165, 1.54) is 0 Å². The Balaban J connectivity index is 1.75. The van der Waals surface area contributed by atoms with E-state index in [2.05, 4.69) is 0 Å². The van der Waals surface area contributed by atoms with Crippen LogP contribution in [0.2, 0.25) is 5.02 Å². The first kappa shape index (κ1) is 14.5. The first-order valence-corrected chi connectivity index (χ1v) is 7.43. The Labute approximate surface area is 134 Å². The number of carbonyl (C=O) groups is 1. The molecule has 0 saturated carbocycles. The van der Waals surface area contributed by atoms with Gasteiger partial charge in [0.15, 0.2) is 24.7 Å². The third-order valence-corrected chi connectivity index (χ3v) is 3.72. The zero-order valence-corrected chi connectivity index (χ0v) is 12.7. The zero-order chi connectivity index (χ0) is 15.4. The summed E-state index contributed by atoms with van der Waals surface area (Å²) in [5.74, 6) is 0.0410. The van der Waals surface area contributed by atoms with Gasteiger partial charge >= 0.3 is 0 Å². The fourth-order valence-corrected chi connectivity index (χ4v) is 2.40. The summed E-state index contributed by atoms with van der Waals surface area (Å²) in [5, 5.41) is 0.734. The van der Waals surface area contributed by atoms with Crippen molar-refractivity contribution in [3.05, 3.63) is 101 Å². The van der Waals surface area contributed by atoms with E-state index in [-0.39, 0.29) is 5.78 Å². The second kappa shape index (κ2) is 6.54. The average molecular weight is 309 g/mol. The number of halogens is 1. The van der Waals surface area contributed by atoms with Gasteiger partial charge in [0.05, 0.1) is 0 Å². The van der Waals surface area contributed by atoms with Crippen molar-refractivity contribution in [2.45, 2.75) is 6.54 Å². The van der Waals surface area contributed by atoms with Crippen LogP contribution in [0, 0.1) is 0 Å². The molecule has 0 fully saturated rings. The number of hydrogen-bond donors (Lipinski definition) is 0. The Morgan fingerprint density at radius 1 is 0.818 bits per heavy atom. The van der Waals surface area contributed by atoms with Crippen molar-refractivity contribution in [3.63, 3.8) is 0 Å². The highest BCUT2D eigenvalue weighted by atomic mass is 35.5. The Bertz CT molecular complexity index is 765. The van der Waals surface area contributed by atoms with Gasteiger partial charge in [0, 0.05) is 33.8 Å². The summed E-state index contributed by atoms with van der Waals surface area (Å²) in [5.41, 5.74) is 2.56. The van der Waals surface area contributed by atoms with Gasteiger partial charge in [0.1, 0.15) is 0 Å². The molecule has 0 aliphatic rings. The summed E-state index contributed by atoms with van der Waals surface area (Å²) in [6.07, 6.45) is 3.84. The Kier molecular flexibility index (Phi) is 4.31. The lowest BCUT2D eigenvalue weighted by Gasteiger charge is -2.01. The third-order valence-electron chi connectivity index (χ3n) is 3.47. The number of ketones is 1. The first-order chi connectivity index (χ1) is 10.7. The molecule has 0 spiro atoms. The molecule has 3 aromatic rings. The van der Waals surface area contributed by atoms with E-state index in [1.807, 2.05) is 83.7 Å². The van der Waals surface area contributed by atoms with Crippen LogP contribution in [0.15, 0.2) is 79.1 Å². The number of carbonyl (C=O) groups excluding carboxylic acids is 1. The molecule has 0 radical (unpaired) electrons. The maximum Gasteiger partial charge on any atom is 0.193 e. The maximum absolute atomic E-state index is 12.3. The van der Waals surface area contributed by atoms with Gasteiger partial charge in [0.2, 0.25) is 0 Å². The van der Waals surface area contributed by atoms with E-state index in [9.17, 15) is 4.79 Å². The van der Waals surface area contributed by atoms with Crippen molar-refractivity contribution < 1.29 is 9.36 Å². The lowest BCUT2D eigenvalue weighted by molar-refractivity contribution is -0.688. The number of benzene rings is 2. The quantitative estimate of drug-likeness (QED) is 0.529. The van der Waals surface area contributed by atoms with Crippen molar-refractivity contribution in [1.29, 1.82) is 0 Å². The van der Waals surface area contributed by atoms with Crippen molar-refractivity contribution in [1.82, 2.24) is 0 Å². The van der Waals surface area contributed by atoms with Crippen LogP contribution in [-0.2, 0) is 6.54 Å². The van der Waals surface area contributed by atoms with Crippen LogP contribution in [0.5, 0.6) is 0 Å². The molecule has 3 heteroatoms. The average Bonchev–Trinajstić information content (AvgIpc) is 2.58. The van der Waals surface area contributed by atoms with E-state index in [0.29, 0.717) is 11.1 Å². The van der Waals surface area contributed by atoms with Crippen molar-refractivity contribution >= 4 is 17.4 Å². The van der Waals surface area contributed by atoms with Crippen LogP contribution < -0.4 is 4.57 Å². The first-order valence-electron chi connectivity index (χ1n) is 7.06. The van der Waals surface area contributed by atoms with Crippen LogP contribution in [0.4, 0.5) is 0 Å². The van der Waals surface area contributed by atoms with Crippen LogP contribution in [-0.4, -0.2) is 5.78 Å². The maximum atomic E-state index is 12.3. The second-order valence-corrected chi connectivity index (χ2v) is 5.52. The molecule has 0 aliphatic heterocycles. The lowest BCUT2D eigenvalue weighted by Crippen LogP contribution is -2.33. The summed E-state index contributed by atoms with van der Waals surface area (Å²) < 4.78 is 2.03. The SMILES string of the molecule is O=C(c1ccccc1)c1cc[n+](Cc2ccc(Cl)cc2)cc1. The normalized spacial score (nSPS) is 10.4. The smallest absolute Gasteiger partial charge is 0.193 e. The molecule has 3 rings (SSSR count). The standard InChI is InChI=1S/C19H15ClNO/c20-18-8-6-15(7-9-18)14-21-12-10-17(11-13-21)19(22)16-4-2-1-3-5-16/h1-13H,14H2/q+1. The summed E-state index contributed by atoms with van der Waals surface area (Å²) in [4.78, 5) is 12.3. The zero-order valence-electron chi connectivity index (χ0n) is 11.9. The highest BCUT2D eigenvalue weighted by molar-refractivity contribution is 6.30. The fraction of sp³-hybridized carbons (Fsp3) is 0.0526. The van der Waals surface area contributed by atoms with Crippen LogP contribution >= 0.6 is 11.6 Å².